The molecule has 2 aromatic heterocycles. The van der Waals surface area contributed by atoms with Gasteiger partial charge in [-0.05, 0) is 65.7 Å². The van der Waals surface area contributed by atoms with Crippen LogP contribution in [0.3, 0.4) is 0 Å². The van der Waals surface area contributed by atoms with Gasteiger partial charge in [-0.2, -0.15) is 0 Å². The number of aromatic nitrogens is 2. The fourth-order valence-electron chi connectivity index (χ4n) is 3.75. The smallest absolute Gasteiger partial charge is 0.137 e. The molecule has 0 aliphatic heterocycles. The van der Waals surface area contributed by atoms with Crippen LogP contribution in [0.2, 0.25) is 0 Å². The Morgan fingerprint density at radius 2 is 1.24 bits per heavy atom. The molecule has 4 heteroatoms. The van der Waals surface area contributed by atoms with E-state index in [4.69, 9.17) is 0 Å². The molecule has 0 saturated carbocycles. The third-order valence-corrected chi connectivity index (χ3v) is 5.00. The van der Waals surface area contributed by atoms with Crippen LogP contribution in [0.5, 0.6) is 0 Å². The van der Waals surface area contributed by atoms with E-state index in [1.165, 1.54) is 24.3 Å². The molecule has 2 heterocycles. The number of halogens is 2. The van der Waals surface area contributed by atoms with Crippen LogP contribution >= 0.6 is 0 Å². The predicted octanol–water partition coefficient (Wildman–Crippen LogP) is 6.64. The van der Waals surface area contributed by atoms with E-state index in [1.807, 2.05) is 42.5 Å². The number of nitrogens with zero attached hydrogens (tertiary/aromatic N) is 2. The Bertz CT molecular complexity index is 1290. The predicted molar refractivity (Wildman–Crippen MR) is 112 cm³/mol. The maximum atomic E-state index is 13.6. The molecule has 140 valence electrons. The lowest BCUT2D eigenvalue weighted by molar-refractivity contribution is 0.627. The van der Waals surface area contributed by atoms with Crippen molar-refractivity contribution >= 4 is 10.9 Å². The van der Waals surface area contributed by atoms with Gasteiger partial charge >= 0.3 is 0 Å². The number of hydrogen-bond acceptors (Lipinski definition) is 1. The second-order valence-electron chi connectivity index (χ2n) is 6.78. The maximum Gasteiger partial charge on any atom is 0.137 e. The zero-order chi connectivity index (χ0) is 19.8. The molecular formula is C25H16F2N2. The normalized spacial score (nSPS) is 11.1. The minimum absolute atomic E-state index is 0.287. The molecule has 0 N–H and O–H groups in total. The highest BCUT2D eigenvalue weighted by atomic mass is 19.1. The van der Waals surface area contributed by atoms with Gasteiger partial charge in [0.25, 0.3) is 0 Å². The van der Waals surface area contributed by atoms with Crippen molar-refractivity contribution < 1.29 is 8.78 Å². The second kappa shape index (κ2) is 6.99. The molecular weight excluding hydrogens is 366 g/mol. The van der Waals surface area contributed by atoms with Crippen LogP contribution in [0.15, 0.2) is 97.2 Å². The van der Waals surface area contributed by atoms with Crippen molar-refractivity contribution in [3.8, 4) is 28.2 Å². The quantitative estimate of drug-likeness (QED) is 0.342. The van der Waals surface area contributed by atoms with Crippen molar-refractivity contribution in [2.24, 2.45) is 0 Å². The van der Waals surface area contributed by atoms with Crippen LogP contribution in [-0.4, -0.2) is 9.55 Å². The van der Waals surface area contributed by atoms with E-state index in [1.54, 1.807) is 30.5 Å². The molecule has 5 aromatic rings. The molecule has 0 aliphatic rings. The first kappa shape index (κ1) is 17.3. The van der Waals surface area contributed by atoms with E-state index in [9.17, 15) is 8.78 Å². The molecule has 29 heavy (non-hydrogen) atoms. The Morgan fingerprint density at radius 3 is 1.90 bits per heavy atom. The Hall–Kier alpha value is -3.79. The summed E-state index contributed by atoms with van der Waals surface area (Å²) < 4.78 is 29.3. The Kier molecular flexibility index (Phi) is 4.17. The monoisotopic (exact) mass is 382 g/mol. The molecule has 0 aliphatic carbocycles. The summed E-state index contributed by atoms with van der Waals surface area (Å²) >= 11 is 0. The van der Waals surface area contributed by atoms with Crippen LogP contribution in [0.1, 0.15) is 0 Å². The Labute approximate surface area is 166 Å². The highest BCUT2D eigenvalue weighted by Crippen LogP contribution is 2.42. The van der Waals surface area contributed by atoms with E-state index in [2.05, 4.69) is 9.55 Å². The highest BCUT2D eigenvalue weighted by molar-refractivity contribution is 6.05. The molecule has 0 unspecified atom stereocenters. The first-order valence-corrected chi connectivity index (χ1v) is 9.29. The molecule has 0 fully saturated rings. The first-order valence-electron chi connectivity index (χ1n) is 9.29. The first-order chi connectivity index (χ1) is 14.2. The van der Waals surface area contributed by atoms with Crippen LogP contribution in [-0.2, 0) is 0 Å². The van der Waals surface area contributed by atoms with Crippen LogP contribution < -0.4 is 0 Å². The summed E-state index contributed by atoms with van der Waals surface area (Å²) in [5.74, 6) is 0.180. The summed E-state index contributed by atoms with van der Waals surface area (Å²) in [7, 11) is 0. The number of para-hydroxylation sites is 1. The molecule has 0 radical (unpaired) electrons. The molecule has 5 rings (SSSR count). The average molecular weight is 382 g/mol. The molecule has 0 atom stereocenters. The fourth-order valence-corrected chi connectivity index (χ4v) is 3.75. The van der Waals surface area contributed by atoms with Gasteiger partial charge in [-0.1, -0.05) is 36.4 Å². The highest BCUT2D eigenvalue weighted by Gasteiger charge is 2.21. The molecule has 0 amide bonds. The van der Waals surface area contributed by atoms with Gasteiger partial charge in [-0.3, -0.25) is 4.57 Å². The lowest BCUT2D eigenvalue weighted by atomic mass is 9.98. The largest absolute Gasteiger partial charge is 0.293 e. The fraction of sp³-hybridized carbons (Fsp3) is 0. The number of benzene rings is 3. The van der Waals surface area contributed by atoms with E-state index >= 15 is 0 Å². The van der Waals surface area contributed by atoms with Gasteiger partial charge < -0.3 is 0 Å². The lowest BCUT2D eigenvalue weighted by Gasteiger charge is -2.12. The van der Waals surface area contributed by atoms with Gasteiger partial charge in [0.1, 0.15) is 17.5 Å². The summed E-state index contributed by atoms with van der Waals surface area (Å²) in [6, 6.07) is 26.6. The average Bonchev–Trinajstić information content (AvgIpc) is 3.11. The van der Waals surface area contributed by atoms with Gasteiger partial charge in [0.05, 0.1) is 11.2 Å². The molecule has 0 spiro atoms. The molecule has 0 saturated heterocycles. The van der Waals surface area contributed by atoms with Crippen LogP contribution in [0.25, 0.3) is 39.1 Å². The van der Waals surface area contributed by atoms with E-state index in [-0.39, 0.29) is 11.6 Å². The topological polar surface area (TPSA) is 17.8 Å². The standard InChI is InChI=1S/C25H16F2N2/c26-19-12-8-17(9-13-19)24-21-5-1-2-6-22(21)29(23-7-3-4-16-28-23)25(24)18-10-14-20(27)15-11-18/h1-16H. The number of fused-ring (bicyclic) bond motifs is 1. The van der Waals surface area contributed by atoms with Crippen molar-refractivity contribution in [2.75, 3.05) is 0 Å². The molecule has 3 aromatic carbocycles. The zero-order valence-electron chi connectivity index (χ0n) is 15.4. The minimum Gasteiger partial charge on any atom is -0.293 e. The van der Waals surface area contributed by atoms with E-state index in [0.29, 0.717) is 0 Å². The SMILES string of the molecule is Fc1ccc(-c2c(-c3ccc(F)cc3)n(-c3ccccn3)c3ccccc23)cc1. The van der Waals surface area contributed by atoms with Crippen molar-refractivity contribution in [1.29, 1.82) is 0 Å². The Balaban J connectivity index is 1.93. The van der Waals surface area contributed by atoms with Crippen molar-refractivity contribution in [3.05, 3.63) is 109 Å². The number of hydrogen-bond donors (Lipinski definition) is 0. The van der Waals surface area contributed by atoms with Crippen LogP contribution in [0.4, 0.5) is 8.78 Å². The van der Waals surface area contributed by atoms with E-state index in [0.717, 1.165) is 39.1 Å². The second-order valence-corrected chi connectivity index (χ2v) is 6.78. The van der Waals surface area contributed by atoms with Crippen molar-refractivity contribution in [2.45, 2.75) is 0 Å². The van der Waals surface area contributed by atoms with Gasteiger partial charge in [-0.15, -0.1) is 0 Å². The van der Waals surface area contributed by atoms with Gasteiger partial charge in [0.15, 0.2) is 0 Å². The van der Waals surface area contributed by atoms with Gasteiger partial charge in [0.2, 0.25) is 0 Å². The summed E-state index contributed by atoms with van der Waals surface area (Å²) in [5, 5.41) is 1.02. The van der Waals surface area contributed by atoms with Gasteiger partial charge in [0, 0.05) is 17.1 Å². The lowest BCUT2D eigenvalue weighted by Crippen LogP contribution is -1.99. The third kappa shape index (κ3) is 2.99. The molecule has 0 bridgehead atoms. The third-order valence-electron chi connectivity index (χ3n) is 5.00. The van der Waals surface area contributed by atoms with E-state index < -0.39 is 0 Å². The maximum absolute atomic E-state index is 13.6. The van der Waals surface area contributed by atoms with Crippen molar-refractivity contribution in [3.63, 3.8) is 0 Å². The summed E-state index contributed by atoms with van der Waals surface area (Å²) in [4.78, 5) is 4.55. The van der Waals surface area contributed by atoms with Crippen molar-refractivity contribution in [1.82, 2.24) is 9.55 Å². The summed E-state index contributed by atoms with van der Waals surface area (Å²) in [5.41, 5.74) is 4.56. The zero-order valence-corrected chi connectivity index (χ0v) is 15.4. The van der Waals surface area contributed by atoms with Gasteiger partial charge in [-0.25, -0.2) is 13.8 Å². The Morgan fingerprint density at radius 1 is 0.621 bits per heavy atom. The number of pyridine rings is 1. The van der Waals surface area contributed by atoms with Crippen LogP contribution in [0, 0.1) is 11.6 Å². The molecule has 2 nitrogen and oxygen atoms in total. The summed E-state index contributed by atoms with van der Waals surface area (Å²) in [6.45, 7) is 0. The number of rotatable bonds is 3. The minimum atomic E-state index is -0.294. The summed E-state index contributed by atoms with van der Waals surface area (Å²) in [6.07, 6.45) is 1.75.